The Labute approximate surface area is 262 Å². The predicted octanol–water partition coefficient (Wildman–Crippen LogP) is 11.2. The lowest BCUT2D eigenvalue weighted by atomic mass is 9.80. The van der Waals surface area contributed by atoms with Crippen LogP contribution in [0.25, 0.3) is 0 Å². The van der Waals surface area contributed by atoms with E-state index in [1.54, 1.807) is 0 Å². The molecular formula is C39H56O2S. The molecule has 1 atom stereocenters. The minimum atomic E-state index is -0.695. The van der Waals surface area contributed by atoms with Gasteiger partial charge in [0.2, 0.25) is 0 Å². The van der Waals surface area contributed by atoms with Crippen LogP contribution >= 0.6 is 11.8 Å². The second kappa shape index (κ2) is 21.6. The highest BCUT2D eigenvalue weighted by molar-refractivity contribution is 7.99. The molecule has 230 valence electrons. The van der Waals surface area contributed by atoms with E-state index in [0.29, 0.717) is 6.61 Å². The molecule has 3 heteroatoms. The maximum absolute atomic E-state index is 6.98. The third kappa shape index (κ3) is 11.9. The van der Waals surface area contributed by atoms with Crippen LogP contribution in [0.2, 0.25) is 0 Å². The van der Waals surface area contributed by atoms with Crippen molar-refractivity contribution in [2.75, 3.05) is 25.2 Å². The van der Waals surface area contributed by atoms with E-state index in [-0.39, 0.29) is 6.10 Å². The van der Waals surface area contributed by atoms with Gasteiger partial charge in [-0.1, -0.05) is 181 Å². The average Bonchev–Trinajstić information content (AvgIpc) is 3.05. The second-order valence-corrected chi connectivity index (χ2v) is 12.8. The standard InChI is InChI=1S/C39H56O2S/c1-3-4-5-6-7-8-9-10-11-12-13-14-15-25-32-42-34-38(40-2)33-41-39(35-26-19-16-20-27-35,36-28-21-17-22-29-36)37-30-23-18-24-31-37/h16-24,26-31,38H,3-15,25,32-34H2,1-2H3. The SMILES string of the molecule is CCCCCCCCCCCCCCCCSCC(COC(c1ccccc1)(c1ccccc1)c1ccccc1)OC. The highest BCUT2D eigenvalue weighted by Crippen LogP contribution is 2.40. The van der Waals surface area contributed by atoms with Gasteiger partial charge in [0.25, 0.3) is 0 Å². The molecule has 0 N–H and O–H groups in total. The van der Waals surface area contributed by atoms with Crippen molar-refractivity contribution in [3.8, 4) is 0 Å². The number of hydrogen-bond donors (Lipinski definition) is 0. The number of unbranched alkanes of at least 4 members (excludes halogenated alkanes) is 13. The minimum absolute atomic E-state index is 0.0390. The number of benzene rings is 3. The first-order chi connectivity index (χ1) is 20.8. The smallest absolute Gasteiger partial charge is 0.143 e. The van der Waals surface area contributed by atoms with Crippen LogP contribution in [0.4, 0.5) is 0 Å². The Morgan fingerprint density at radius 3 is 1.31 bits per heavy atom. The van der Waals surface area contributed by atoms with Crippen LogP contribution in [-0.4, -0.2) is 31.3 Å². The first-order valence-electron chi connectivity index (χ1n) is 16.7. The Morgan fingerprint density at radius 1 is 0.548 bits per heavy atom. The molecule has 0 fully saturated rings. The van der Waals surface area contributed by atoms with Crippen molar-refractivity contribution < 1.29 is 9.47 Å². The van der Waals surface area contributed by atoms with E-state index in [2.05, 4.69) is 97.9 Å². The maximum Gasteiger partial charge on any atom is 0.143 e. The van der Waals surface area contributed by atoms with E-state index < -0.39 is 5.60 Å². The molecule has 0 aliphatic carbocycles. The summed E-state index contributed by atoms with van der Waals surface area (Å²) in [6.45, 7) is 2.82. The second-order valence-electron chi connectivity index (χ2n) is 11.6. The van der Waals surface area contributed by atoms with Gasteiger partial charge in [-0.3, -0.25) is 0 Å². The lowest BCUT2D eigenvalue weighted by Crippen LogP contribution is -2.36. The molecule has 0 spiro atoms. The first kappa shape index (κ1) is 34.4. The van der Waals surface area contributed by atoms with E-state index in [0.717, 1.165) is 22.4 Å². The van der Waals surface area contributed by atoms with Gasteiger partial charge < -0.3 is 9.47 Å². The molecule has 0 amide bonds. The van der Waals surface area contributed by atoms with E-state index in [1.165, 1.54) is 95.6 Å². The fraction of sp³-hybridized carbons (Fsp3) is 0.538. The van der Waals surface area contributed by atoms with Gasteiger partial charge in [-0.05, 0) is 28.9 Å². The van der Waals surface area contributed by atoms with E-state index in [4.69, 9.17) is 9.47 Å². The Balaban J connectivity index is 1.39. The Hall–Kier alpha value is -2.07. The molecule has 3 rings (SSSR count). The fourth-order valence-electron chi connectivity index (χ4n) is 5.78. The number of methoxy groups -OCH3 is 1. The molecule has 0 saturated carbocycles. The highest BCUT2D eigenvalue weighted by Gasteiger charge is 2.38. The number of ether oxygens (including phenoxy) is 2. The van der Waals surface area contributed by atoms with E-state index >= 15 is 0 Å². The van der Waals surface area contributed by atoms with Gasteiger partial charge >= 0.3 is 0 Å². The molecule has 3 aromatic rings. The van der Waals surface area contributed by atoms with Crippen molar-refractivity contribution in [3.63, 3.8) is 0 Å². The lowest BCUT2D eigenvalue weighted by Gasteiger charge is -2.37. The number of thioether (sulfide) groups is 1. The summed E-state index contributed by atoms with van der Waals surface area (Å²) in [6, 6.07) is 31.8. The fourth-order valence-corrected chi connectivity index (χ4v) is 6.85. The van der Waals surface area contributed by atoms with Crippen molar-refractivity contribution >= 4 is 11.8 Å². The largest absolute Gasteiger partial charge is 0.378 e. The molecule has 42 heavy (non-hydrogen) atoms. The van der Waals surface area contributed by atoms with Crippen molar-refractivity contribution in [1.82, 2.24) is 0 Å². The van der Waals surface area contributed by atoms with E-state index in [9.17, 15) is 0 Å². The van der Waals surface area contributed by atoms with Crippen LogP contribution < -0.4 is 0 Å². The quantitative estimate of drug-likeness (QED) is 0.0766. The topological polar surface area (TPSA) is 18.5 Å². The normalized spacial score (nSPS) is 12.4. The summed E-state index contributed by atoms with van der Waals surface area (Å²) in [4.78, 5) is 0. The summed E-state index contributed by atoms with van der Waals surface area (Å²) in [5.41, 5.74) is 2.70. The average molecular weight is 589 g/mol. The van der Waals surface area contributed by atoms with Gasteiger partial charge in [0.05, 0.1) is 12.7 Å². The summed E-state index contributed by atoms with van der Waals surface area (Å²) in [5.74, 6) is 2.14. The van der Waals surface area contributed by atoms with Gasteiger partial charge in [0.1, 0.15) is 5.60 Å². The summed E-state index contributed by atoms with van der Waals surface area (Å²) in [7, 11) is 1.82. The van der Waals surface area contributed by atoms with Crippen LogP contribution in [0.15, 0.2) is 91.0 Å². The monoisotopic (exact) mass is 588 g/mol. The molecular weight excluding hydrogens is 532 g/mol. The number of rotatable bonds is 24. The number of hydrogen-bond acceptors (Lipinski definition) is 3. The highest BCUT2D eigenvalue weighted by atomic mass is 32.2. The summed E-state index contributed by atoms with van der Waals surface area (Å²) >= 11 is 2.00. The van der Waals surface area contributed by atoms with Crippen LogP contribution in [0.1, 0.15) is 114 Å². The van der Waals surface area contributed by atoms with Gasteiger partial charge in [0, 0.05) is 12.9 Å². The van der Waals surface area contributed by atoms with E-state index in [1.807, 2.05) is 18.9 Å². The predicted molar refractivity (Wildman–Crippen MR) is 184 cm³/mol. The summed E-state index contributed by atoms with van der Waals surface area (Å²) in [6.07, 6.45) is 19.7. The van der Waals surface area contributed by atoms with Crippen molar-refractivity contribution in [1.29, 1.82) is 0 Å². The molecule has 3 aromatic carbocycles. The minimum Gasteiger partial charge on any atom is -0.378 e. The molecule has 1 unspecified atom stereocenters. The summed E-state index contributed by atoms with van der Waals surface area (Å²) < 4.78 is 12.9. The summed E-state index contributed by atoms with van der Waals surface area (Å²) in [5, 5.41) is 0. The van der Waals surface area contributed by atoms with Crippen LogP contribution in [0.3, 0.4) is 0 Å². The maximum atomic E-state index is 6.98. The van der Waals surface area contributed by atoms with Gasteiger partial charge in [-0.25, -0.2) is 0 Å². The van der Waals surface area contributed by atoms with Crippen LogP contribution in [0.5, 0.6) is 0 Å². The Kier molecular flexibility index (Phi) is 17.7. The molecule has 0 heterocycles. The lowest BCUT2D eigenvalue weighted by molar-refractivity contribution is -0.0438. The zero-order chi connectivity index (χ0) is 29.6. The molecule has 0 aliphatic rings. The Morgan fingerprint density at radius 2 is 0.929 bits per heavy atom. The third-order valence-corrected chi connectivity index (χ3v) is 9.49. The third-order valence-electron chi connectivity index (χ3n) is 8.31. The van der Waals surface area contributed by atoms with Crippen LogP contribution in [0, 0.1) is 0 Å². The zero-order valence-electron chi connectivity index (χ0n) is 26.5. The molecule has 0 radical (unpaired) electrons. The van der Waals surface area contributed by atoms with Crippen molar-refractivity contribution in [2.45, 2.75) is 109 Å². The van der Waals surface area contributed by atoms with Gasteiger partial charge in [-0.2, -0.15) is 11.8 Å². The van der Waals surface area contributed by atoms with Gasteiger partial charge in [-0.15, -0.1) is 0 Å². The molecule has 0 bridgehead atoms. The van der Waals surface area contributed by atoms with Crippen molar-refractivity contribution in [2.24, 2.45) is 0 Å². The molecule has 0 aliphatic heterocycles. The zero-order valence-corrected chi connectivity index (χ0v) is 27.3. The molecule has 2 nitrogen and oxygen atoms in total. The first-order valence-corrected chi connectivity index (χ1v) is 17.9. The van der Waals surface area contributed by atoms with Crippen molar-refractivity contribution in [3.05, 3.63) is 108 Å². The van der Waals surface area contributed by atoms with Crippen LogP contribution in [-0.2, 0) is 15.1 Å². The van der Waals surface area contributed by atoms with Gasteiger partial charge in [0.15, 0.2) is 0 Å². The molecule has 0 aromatic heterocycles. The molecule has 0 saturated heterocycles. The Bertz CT molecular complexity index is 927.